The summed E-state index contributed by atoms with van der Waals surface area (Å²) in [5.41, 5.74) is 2.22. The van der Waals surface area contributed by atoms with Gasteiger partial charge >= 0.3 is 11.9 Å². The second-order valence-corrected chi connectivity index (χ2v) is 10.7. The van der Waals surface area contributed by atoms with Crippen LogP contribution >= 0.6 is 11.3 Å². The van der Waals surface area contributed by atoms with Gasteiger partial charge in [-0.3, -0.25) is 9.36 Å². The fourth-order valence-corrected chi connectivity index (χ4v) is 6.04. The zero-order valence-corrected chi connectivity index (χ0v) is 24.8. The van der Waals surface area contributed by atoms with Crippen LogP contribution in [0.25, 0.3) is 11.8 Å². The van der Waals surface area contributed by atoms with Crippen molar-refractivity contribution < 1.29 is 33.3 Å². The maximum absolute atomic E-state index is 14.2. The first-order valence-corrected chi connectivity index (χ1v) is 14.9. The highest BCUT2D eigenvalue weighted by Gasteiger charge is 2.36. The molecule has 0 saturated carbocycles. The molecule has 0 aliphatic carbocycles. The number of hydrogen-bond donors (Lipinski definition) is 0. The van der Waals surface area contributed by atoms with Crippen molar-refractivity contribution in [3.63, 3.8) is 0 Å². The predicted octanol–water partition coefficient (Wildman–Crippen LogP) is 3.61. The maximum Gasteiger partial charge on any atom is 0.344 e. The third kappa shape index (κ3) is 5.61. The van der Waals surface area contributed by atoms with E-state index in [0.717, 1.165) is 0 Å². The molecule has 0 unspecified atom stereocenters. The zero-order chi connectivity index (χ0) is 30.6. The molecule has 11 heteroatoms. The molecule has 10 nitrogen and oxygen atoms in total. The van der Waals surface area contributed by atoms with Crippen LogP contribution in [0.2, 0.25) is 0 Å². The van der Waals surface area contributed by atoms with Crippen LogP contribution in [0, 0.1) is 0 Å². The average Bonchev–Trinajstić information content (AvgIpc) is 3.64. The molecular weight excluding hydrogens is 584 g/mol. The lowest BCUT2D eigenvalue weighted by Gasteiger charge is -2.26. The Bertz CT molecular complexity index is 1940. The van der Waals surface area contributed by atoms with Crippen LogP contribution < -0.4 is 29.1 Å². The highest BCUT2D eigenvalue weighted by molar-refractivity contribution is 7.07. The van der Waals surface area contributed by atoms with E-state index in [1.54, 1.807) is 56.3 Å². The zero-order valence-electron chi connectivity index (χ0n) is 24.0. The van der Waals surface area contributed by atoms with E-state index < -0.39 is 18.0 Å². The second-order valence-electron chi connectivity index (χ2n) is 9.68. The second kappa shape index (κ2) is 12.6. The van der Waals surface area contributed by atoms with Crippen LogP contribution in [0.3, 0.4) is 0 Å². The van der Waals surface area contributed by atoms with Crippen molar-refractivity contribution in [3.05, 3.63) is 115 Å². The molecule has 0 N–H and O–H groups in total. The van der Waals surface area contributed by atoms with Crippen molar-refractivity contribution in [1.82, 2.24) is 4.57 Å². The molecule has 0 radical (unpaired) electrons. The fraction of sp³-hybridized carbons (Fsp3) is 0.212. The van der Waals surface area contributed by atoms with E-state index in [1.807, 2.05) is 36.4 Å². The number of benzene rings is 3. The summed E-state index contributed by atoms with van der Waals surface area (Å²) in [5.74, 6) is 0.426. The van der Waals surface area contributed by atoms with E-state index >= 15 is 0 Å². The van der Waals surface area contributed by atoms with Gasteiger partial charge in [-0.2, -0.15) is 0 Å². The monoisotopic (exact) mass is 612 g/mol. The Morgan fingerprint density at radius 2 is 1.73 bits per heavy atom. The Hall–Kier alpha value is -5.16. The van der Waals surface area contributed by atoms with Crippen LogP contribution in [-0.2, 0) is 19.1 Å². The molecule has 0 saturated heterocycles. The minimum absolute atomic E-state index is 0.0784. The van der Waals surface area contributed by atoms with E-state index in [0.29, 0.717) is 49.0 Å². The smallest absolute Gasteiger partial charge is 0.344 e. The number of nitrogens with zero attached hydrogens (tertiary/aromatic N) is 2. The fourth-order valence-electron chi connectivity index (χ4n) is 5.05. The van der Waals surface area contributed by atoms with Gasteiger partial charge in [0, 0.05) is 11.1 Å². The largest absolute Gasteiger partial charge is 0.481 e. The van der Waals surface area contributed by atoms with E-state index in [4.69, 9.17) is 28.7 Å². The predicted molar refractivity (Wildman–Crippen MR) is 162 cm³/mol. The van der Waals surface area contributed by atoms with Gasteiger partial charge < -0.3 is 23.7 Å². The number of thiazole rings is 1. The standard InChI is InChI=1S/C33H28N2O8S/c1-3-39-27(36)18-41-23-13-9-8-12-21(23)17-26-31(37)35-30(22-14-15-24-25(16-22)43-19-42-24)28(32(38)40-4-2)29(34-33(35)44-26)20-10-6-5-7-11-20/h5-17,30H,3-4,18-19H2,1-2H3/b26-17-/t30-/m1/s1. The first-order valence-electron chi connectivity index (χ1n) is 14.0. The van der Waals surface area contributed by atoms with Gasteiger partial charge in [0.05, 0.1) is 35.1 Å². The number of aromatic nitrogens is 1. The van der Waals surface area contributed by atoms with Crippen LogP contribution in [0.4, 0.5) is 0 Å². The molecule has 2 aliphatic heterocycles. The lowest BCUT2D eigenvalue weighted by Crippen LogP contribution is -2.40. The summed E-state index contributed by atoms with van der Waals surface area (Å²) in [6, 6.07) is 20.9. The Morgan fingerprint density at radius 1 is 0.977 bits per heavy atom. The molecular formula is C33H28N2O8S. The average molecular weight is 613 g/mol. The Kier molecular flexibility index (Phi) is 8.29. The van der Waals surface area contributed by atoms with E-state index in [-0.39, 0.29) is 37.7 Å². The number of hydrogen-bond acceptors (Lipinski definition) is 10. The van der Waals surface area contributed by atoms with Gasteiger partial charge in [-0.25, -0.2) is 14.6 Å². The third-order valence-corrected chi connectivity index (χ3v) is 7.93. The molecule has 2 aliphatic rings. The molecule has 1 atom stereocenters. The van der Waals surface area contributed by atoms with Crippen LogP contribution in [0.15, 0.2) is 88.2 Å². The van der Waals surface area contributed by atoms with Gasteiger partial charge in [0.15, 0.2) is 22.9 Å². The molecule has 0 amide bonds. The number of carbonyl (C=O) groups excluding carboxylic acids is 2. The summed E-state index contributed by atoms with van der Waals surface area (Å²) in [5, 5.41) is 0. The summed E-state index contributed by atoms with van der Waals surface area (Å²) in [4.78, 5) is 45.1. The Morgan fingerprint density at radius 3 is 2.52 bits per heavy atom. The first-order chi connectivity index (χ1) is 21.5. The van der Waals surface area contributed by atoms with Gasteiger partial charge in [0.2, 0.25) is 6.79 Å². The van der Waals surface area contributed by atoms with Gasteiger partial charge in [-0.1, -0.05) is 65.9 Å². The number of fused-ring (bicyclic) bond motifs is 2. The topological polar surface area (TPSA) is 115 Å². The van der Waals surface area contributed by atoms with Crippen LogP contribution in [0.5, 0.6) is 17.2 Å². The lowest BCUT2D eigenvalue weighted by atomic mass is 9.93. The van der Waals surface area contributed by atoms with Gasteiger partial charge in [0.1, 0.15) is 5.75 Å². The Balaban J connectivity index is 1.55. The van der Waals surface area contributed by atoms with Crippen molar-refractivity contribution in [2.75, 3.05) is 26.6 Å². The molecule has 6 rings (SSSR count). The highest BCUT2D eigenvalue weighted by Crippen LogP contribution is 2.40. The molecule has 224 valence electrons. The van der Waals surface area contributed by atoms with E-state index in [9.17, 15) is 14.4 Å². The minimum atomic E-state index is -0.868. The first kappa shape index (κ1) is 28.9. The molecule has 3 heterocycles. The summed E-state index contributed by atoms with van der Waals surface area (Å²) >= 11 is 1.19. The summed E-state index contributed by atoms with van der Waals surface area (Å²) < 4.78 is 29.2. The van der Waals surface area contributed by atoms with Crippen molar-refractivity contribution in [2.45, 2.75) is 19.9 Å². The van der Waals surface area contributed by atoms with E-state index in [1.165, 1.54) is 15.9 Å². The summed E-state index contributed by atoms with van der Waals surface area (Å²) in [6.07, 6.45) is 1.69. The summed E-state index contributed by atoms with van der Waals surface area (Å²) in [6.45, 7) is 3.65. The molecule has 1 aromatic heterocycles. The molecule has 0 fully saturated rings. The SMILES string of the molecule is CCOC(=O)COc1ccccc1/C=c1\sc2n(c1=O)[C@H](c1ccc3c(c1)OCO3)C(C(=O)OCC)=C(c1ccccc1)N=2. The van der Waals surface area contributed by atoms with Gasteiger partial charge in [0.25, 0.3) is 5.56 Å². The summed E-state index contributed by atoms with van der Waals surface area (Å²) in [7, 11) is 0. The van der Waals surface area contributed by atoms with Crippen LogP contribution in [0.1, 0.15) is 36.6 Å². The number of esters is 2. The normalized spacial score (nSPS) is 15.4. The van der Waals surface area contributed by atoms with Crippen molar-refractivity contribution in [3.8, 4) is 17.2 Å². The number of carbonyl (C=O) groups is 2. The number of para-hydroxylation sites is 1. The Labute approximate surface area is 256 Å². The van der Waals surface area contributed by atoms with E-state index in [2.05, 4.69) is 0 Å². The quantitative estimate of drug-likeness (QED) is 0.264. The van der Waals surface area contributed by atoms with Gasteiger partial charge in [-0.05, 0) is 43.7 Å². The number of ether oxygens (including phenoxy) is 5. The van der Waals surface area contributed by atoms with Crippen molar-refractivity contribution >= 4 is 35.0 Å². The molecule has 0 spiro atoms. The highest BCUT2D eigenvalue weighted by atomic mass is 32.1. The van der Waals surface area contributed by atoms with Gasteiger partial charge in [-0.15, -0.1) is 0 Å². The molecule has 3 aromatic carbocycles. The molecule has 4 aromatic rings. The van der Waals surface area contributed by atoms with Crippen LogP contribution in [-0.4, -0.2) is 43.1 Å². The molecule has 0 bridgehead atoms. The van der Waals surface area contributed by atoms with Crippen molar-refractivity contribution in [2.24, 2.45) is 4.99 Å². The van der Waals surface area contributed by atoms with Crippen molar-refractivity contribution in [1.29, 1.82) is 0 Å². The molecule has 44 heavy (non-hydrogen) atoms. The minimum Gasteiger partial charge on any atom is -0.481 e. The number of rotatable bonds is 9. The maximum atomic E-state index is 14.2. The third-order valence-electron chi connectivity index (χ3n) is 6.94. The lowest BCUT2D eigenvalue weighted by molar-refractivity contribution is -0.145.